The van der Waals surface area contributed by atoms with Crippen LogP contribution in [0.4, 0.5) is 5.69 Å². The fourth-order valence-corrected chi connectivity index (χ4v) is 4.53. The number of thiophene rings is 1. The van der Waals surface area contributed by atoms with Crippen molar-refractivity contribution in [2.24, 2.45) is 0 Å². The SMILES string of the molecule is N#Cc1ccccc1NC(=O)CSc1nnc(Cc2cccs2)n1-c1ccc(Cl)cc1. The van der Waals surface area contributed by atoms with Crippen LogP contribution in [0.15, 0.2) is 71.2 Å². The molecule has 9 heteroatoms. The molecule has 1 amide bonds. The van der Waals surface area contributed by atoms with Crippen LogP contribution in [0.25, 0.3) is 5.69 Å². The van der Waals surface area contributed by atoms with Gasteiger partial charge < -0.3 is 5.32 Å². The zero-order chi connectivity index (χ0) is 21.6. The molecule has 2 aromatic heterocycles. The summed E-state index contributed by atoms with van der Waals surface area (Å²) in [6, 6.07) is 20.5. The Balaban J connectivity index is 1.55. The number of halogens is 1. The number of hydrogen-bond donors (Lipinski definition) is 1. The average Bonchev–Trinajstić information content (AvgIpc) is 3.44. The molecule has 31 heavy (non-hydrogen) atoms. The van der Waals surface area contributed by atoms with Crippen molar-refractivity contribution in [1.82, 2.24) is 14.8 Å². The minimum absolute atomic E-state index is 0.129. The summed E-state index contributed by atoms with van der Waals surface area (Å²) in [7, 11) is 0. The molecule has 0 unspecified atom stereocenters. The lowest BCUT2D eigenvalue weighted by molar-refractivity contribution is -0.113. The van der Waals surface area contributed by atoms with E-state index in [2.05, 4.69) is 27.6 Å². The van der Waals surface area contributed by atoms with Crippen molar-refractivity contribution in [3.8, 4) is 11.8 Å². The van der Waals surface area contributed by atoms with E-state index in [1.54, 1.807) is 35.6 Å². The van der Waals surface area contributed by atoms with Crippen LogP contribution in [0.1, 0.15) is 16.3 Å². The summed E-state index contributed by atoms with van der Waals surface area (Å²) >= 11 is 8.99. The normalized spacial score (nSPS) is 10.6. The van der Waals surface area contributed by atoms with E-state index in [0.29, 0.717) is 27.9 Å². The van der Waals surface area contributed by atoms with Gasteiger partial charge in [0, 0.05) is 22.0 Å². The first kappa shape index (κ1) is 21.1. The first-order valence-corrected chi connectivity index (χ1v) is 11.5. The summed E-state index contributed by atoms with van der Waals surface area (Å²) in [5, 5.41) is 23.9. The molecule has 0 bridgehead atoms. The van der Waals surface area contributed by atoms with Gasteiger partial charge in [0.25, 0.3) is 0 Å². The van der Waals surface area contributed by atoms with E-state index in [0.717, 1.165) is 11.5 Å². The lowest BCUT2D eigenvalue weighted by Crippen LogP contribution is -2.15. The predicted octanol–water partition coefficient (Wildman–Crippen LogP) is 5.18. The molecule has 2 heterocycles. The van der Waals surface area contributed by atoms with Crippen LogP contribution in [-0.4, -0.2) is 26.4 Å². The van der Waals surface area contributed by atoms with Crippen molar-refractivity contribution in [2.45, 2.75) is 11.6 Å². The van der Waals surface area contributed by atoms with Gasteiger partial charge in [0.1, 0.15) is 11.9 Å². The lowest BCUT2D eigenvalue weighted by Gasteiger charge is -2.10. The number of aromatic nitrogens is 3. The van der Waals surface area contributed by atoms with Crippen molar-refractivity contribution in [2.75, 3.05) is 11.1 Å². The molecule has 0 atom stereocenters. The van der Waals surface area contributed by atoms with Gasteiger partial charge in [0.2, 0.25) is 5.91 Å². The van der Waals surface area contributed by atoms with Gasteiger partial charge in [0.05, 0.1) is 17.0 Å². The number of hydrogen-bond acceptors (Lipinski definition) is 6. The molecular formula is C22H16ClN5OS2. The summed E-state index contributed by atoms with van der Waals surface area (Å²) in [6.07, 6.45) is 0.635. The van der Waals surface area contributed by atoms with Crippen LogP contribution < -0.4 is 5.32 Å². The van der Waals surface area contributed by atoms with Crippen molar-refractivity contribution >= 4 is 46.3 Å². The smallest absolute Gasteiger partial charge is 0.234 e. The number of carbonyl (C=O) groups excluding carboxylic acids is 1. The van der Waals surface area contributed by atoms with Crippen LogP contribution in [0.2, 0.25) is 5.02 Å². The molecule has 0 fully saturated rings. The first-order valence-electron chi connectivity index (χ1n) is 9.28. The number of nitrogens with one attached hydrogen (secondary N) is 1. The van der Waals surface area contributed by atoms with Crippen molar-refractivity contribution in [3.63, 3.8) is 0 Å². The van der Waals surface area contributed by atoms with E-state index in [9.17, 15) is 10.1 Å². The van der Waals surface area contributed by atoms with E-state index in [-0.39, 0.29) is 11.7 Å². The second-order valence-corrected chi connectivity index (χ2v) is 8.87. The fourth-order valence-electron chi connectivity index (χ4n) is 2.93. The Hall–Kier alpha value is -3.12. The molecular weight excluding hydrogens is 450 g/mol. The number of thioether (sulfide) groups is 1. The van der Waals surface area contributed by atoms with Gasteiger partial charge in [-0.2, -0.15) is 5.26 Å². The Labute approximate surface area is 192 Å². The summed E-state index contributed by atoms with van der Waals surface area (Å²) in [6.45, 7) is 0. The molecule has 0 radical (unpaired) electrons. The predicted molar refractivity (Wildman–Crippen MR) is 124 cm³/mol. The standard InChI is InChI=1S/C22H16ClN5OS2/c23-16-7-9-17(10-8-16)28-20(12-18-5-3-11-30-18)26-27-22(28)31-14-21(29)25-19-6-2-1-4-15(19)13-24/h1-11H,12,14H2,(H,25,29). The van der Waals surface area contributed by atoms with Gasteiger partial charge >= 0.3 is 0 Å². The van der Waals surface area contributed by atoms with Gasteiger partial charge in [-0.25, -0.2) is 0 Å². The van der Waals surface area contributed by atoms with E-state index >= 15 is 0 Å². The molecule has 0 aliphatic rings. The second kappa shape index (κ2) is 9.79. The van der Waals surface area contributed by atoms with Gasteiger partial charge in [-0.1, -0.05) is 41.6 Å². The van der Waals surface area contributed by atoms with Gasteiger partial charge in [0.15, 0.2) is 5.16 Å². The van der Waals surface area contributed by atoms with Crippen LogP contribution in [-0.2, 0) is 11.2 Å². The van der Waals surface area contributed by atoms with Crippen LogP contribution in [0.3, 0.4) is 0 Å². The molecule has 0 spiro atoms. The number of carbonyl (C=O) groups is 1. The highest BCUT2D eigenvalue weighted by Gasteiger charge is 2.17. The van der Waals surface area contributed by atoms with Gasteiger partial charge in [-0.05, 0) is 47.8 Å². The third-order valence-corrected chi connectivity index (χ3v) is 6.41. The molecule has 0 saturated carbocycles. The number of rotatable bonds is 7. The Morgan fingerprint density at radius 2 is 1.94 bits per heavy atom. The summed E-state index contributed by atoms with van der Waals surface area (Å²) in [5.74, 6) is 0.686. The third-order valence-electron chi connectivity index (χ3n) is 4.35. The molecule has 6 nitrogen and oxygen atoms in total. The Morgan fingerprint density at radius 3 is 2.68 bits per heavy atom. The lowest BCUT2D eigenvalue weighted by atomic mass is 10.2. The summed E-state index contributed by atoms with van der Waals surface area (Å²) in [4.78, 5) is 13.7. The number of benzene rings is 2. The number of nitrogens with zero attached hydrogens (tertiary/aromatic N) is 4. The highest BCUT2D eigenvalue weighted by Crippen LogP contribution is 2.26. The fraction of sp³-hybridized carbons (Fsp3) is 0.0909. The molecule has 0 aliphatic heterocycles. The van der Waals surface area contributed by atoms with Crippen molar-refractivity contribution < 1.29 is 4.79 Å². The molecule has 154 valence electrons. The largest absolute Gasteiger partial charge is 0.324 e. The molecule has 2 aromatic carbocycles. The van der Waals surface area contributed by atoms with Crippen LogP contribution >= 0.6 is 34.7 Å². The Bertz CT molecular complexity index is 1230. The molecule has 0 saturated heterocycles. The molecule has 1 N–H and O–H groups in total. The third kappa shape index (κ3) is 5.14. The minimum atomic E-state index is -0.224. The number of anilines is 1. The van der Waals surface area contributed by atoms with Crippen molar-refractivity contribution in [3.05, 3.63) is 87.3 Å². The topological polar surface area (TPSA) is 83.6 Å². The zero-order valence-electron chi connectivity index (χ0n) is 16.2. The average molecular weight is 466 g/mol. The van der Waals surface area contributed by atoms with Crippen LogP contribution in [0.5, 0.6) is 0 Å². The molecule has 4 rings (SSSR count). The molecule has 0 aliphatic carbocycles. The Kier molecular flexibility index (Phi) is 6.67. The monoisotopic (exact) mass is 465 g/mol. The highest BCUT2D eigenvalue weighted by atomic mass is 35.5. The van der Waals surface area contributed by atoms with E-state index < -0.39 is 0 Å². The zero-order valence-corrected chi connectivity index (χ0v) is 18.5. The number of amides is 1. The second-order valence-electron chi connectivity index (χ2n) is 6.46. The summed E-state index contributed by atoms with van der Waals surface area (Å²) in [5.41, 5.74) is 1.79. The maximum atomic E-state index is 12.5. The number of nitriles is 1. The molecule has 4 aromatic rings. The van der Waals surface area contributed by atoms with Crippen LogP contribution in [0, 0.1) is 11.3 Å². The minimum Gasteiger partial charge on any atom is -0.324 e. The highest BCUT2D eigenvalue weighted by molar-refractivity contribution is 7.99. The maximum Gasteiger partial charge on any atom is 0.234 e. The van der Waals surface area contributed by atoms with E-state index in [4.69, 9.17) is 11.6 Å². The maximum absolute atomic E-state index is 12.5. The van der Waals surface area contributed by atoms with Crippen molar-refractivity contribution in [1.29, 1.82) is 5.26 Å². The number of para-hydroxylation sites is 1. The van der Waals surface area contributed by atoms with Gasteiger partial charge in [-0.15, -0.1) is 21.5 Å². The first-order chi connectivity index (χ1) is 15.1. The Morgan fingerprint density at radius 1 is 1.13 bits per heavy atom. The van der Waals surface area contributed by atoms with E-state index in [1.807, 2.05) is 40.3 Å². The quantitative estimate of drug-likeness (QED) is 0.380. The van der Waals surface area contributed by atoms with E-state index in [1.165, 1.54) is 16.6 Å². The van der Waals surface area contributed by atoms with Gasteiger partial charge in [-0.3, -0.25) is 9.36 Å². The summed E-state index contributed by atoms with van der Waals surface area (Å²) < 4.78 is 1.94.